The summed E-state index contributed by atoms with van der Waals surface area (Å²) in [7, 11) is -3.01. The zero-order chi connectivity index (χ0) is 16.2. The number of sulfonamides is 1. The van der Waals surface area contributed by atoms with Crippen molar-refractivity contribution in [2.24, 2.45) is 5.73 Å². The minimum atomic E-state index is -4.07. The first kappa shape index (κ1) is 20.5. The minimum Gasteiger partial charge on any atom is -0.488 e. The quantitative estimate of drug-likeness (QED) is 0.557. The first-order chi connectivity index (χ1) is 9.69. The highest BCUT2D eigenvalue weighted by molar-refractivity contribution is 7.89. The molecule has 8 nitrogen and oxygen atoms in total. The number of methoxy groups -OCH3 is 1. The van der Waals surface area contributed by atoms with Crippen molar-refractivity contribution in [2.45, 2.75) is 24.3 Å². The number of nitro groups is 1. The molecule has 0 saturated carbocycles. The van der Waals surface area contributed by atoms with Crippen LogP contribution in [0, 0.1) is 15.9 Å². The highest BCUT2D eigenvalue weighted by atomic mass is 35.5. The van der Waals surface area contributed by atoms with Gasteiger partial charge in [-0.15, -0.1) is 12.4 Å². The highest BCUT2D eigenvalue weighted by Crippen LogP contribution is 2.32. The van der Waals surface area contributed by atoms with Gasteiger partial charge in [0.1, 0.15) is 0 Å². The van der Waals surface area contributed by atoms with Gasteiger partial charge < -0.3 is 10.5 Å². The molecule has 0 aliphatic rings. The molecule has 0 bridgehead atoms. The van der Waals surface area contributed by atoms with Crippen molar-refractivity contribution in [3.05, 3.63) is 28.1 Å². The Bertz CT molecular complexity index is 639. The van der Waals surface area contributed by atoms with Gasteiger partial charge in [-0.25, -0.2) is 17.5 Å². The van der Waals surface area contributed by atoms with Gasteiger partial charge in [-0.1, -0.05) is 0 Å². The average molecular weight is 358 g/mol. The number of nitrogens with two attached hydrogens (primary N) is 1. The Morgan fingerprint density at radius 1 is 1.50 bits per heavy atom. The van der Waals surface area contributed by atoms with Gasteiger partial charge in [0, 0.05) is 18.7 Å². The number of rotatable bonds is 7. The molecule has 0 spiro atoms. The molecule has 0 saturated heterocycles. The van der Waals surface area contributed by atoms with E-state index in [1.165, 1.54) is 0 Å². The second-order valence-corrected chi connectivity index (χ2v) is 6.15. The van der Waals surface area contributed by atoms with Crippen LogP contribution >= 0.6 is 12.4 Å². The molecular weight excluding hydrogens is 341 g/mol. The van der Waals surface area contributed by atoms with Gasteiger partial charge >= 0.3 is 5.69 Å². The molecule has 0 amide bonds. The first-order valence-electron chi connectivity index (χ1n) is 5.96. The zero-order valence-corrected chi connectivity index (χ0v) is 13.5. The summed E-state index contributed by atoms with van der Waals surface area (Å²) in [6.07, 6.45) is 0.375. The third kappa shape index (κ3) is 5.05. The van der Waals surface area contributed by atoms with E-state index in [4.69, 9.17) is 5.73 Å². The monoisotopic (exact) mass is 357 g/mol. The standard InChI is InChI=1S/C11H16FN3O5S.ClH/c1-7(13)3-4-14-21(18,19)8-5-9(12)11(20-2)10(6-8)15(16)17;/h5-7,14H,3-4,13H2,1-2H3;1H. The van der Waals surface area contributed by atoms with Gasteiger partial charge in [0.25, 0.3) is 0 Å². The first-order valence-corrected chi connectivity index (χ1v) is 7.44. The summed E-state index contributed by atoms with van der Waals surface area (Å²) < 4.78 is 44.4. The maximum absolute atomic E-state index is 13.7. The average Bonchev–Trinajstić information content (AvgIpc) is 2.36. The molecule has 0 fully saturated rings. The number of halogens is 2. The second kappa shape index (κ2) is 8.22. The highest BCUT2D eigenvalue weighted by Gasteiger charge is 2.26. The smallest absolute Gasteiger partial charge is 0.315 e. The molecule has 3 N–H and O–H groups in total. The SMILES string of the molecule is COc1c(F)cc(S(=O)(=O)NCCC(C)N)cc1[N+](=O)[O-].Cl. The molecule has 0 radical (unpaired) electrons. The van der Waals surface area contributed by atoms with Crippen LogP contribution in [0.2, 0.25) is 0 Å². The van der Waals surface area contributed by atoms with Gasteiger partial charge in [-0.3, -0.25) is 10.1 Å². The van der Waals surface area contributed by atoms with Crippen LogP contribution in [0.3, 0.4) is 0 Å². The summed E-state index contributed by atoms with van der Waals surface area (Å²) >= 11 is 0. The van der Waals surface area contributed by atoms with Crippen molar-refractivity contribution in [3.8, 4) is 5.75 Å². The van der Waals surface area contributed by atoms with Gasteiger partial charge in [0.05, 0.1) is 16.9 Å². The van der Waals surface area contributed by atoms with Crippen LogP contribution in [0.1, 0.15) is 13.3 Å². The van der Waals surface area contributed by atoms with Crippen LogP contribution in [0.15, 0.2) is 17.0 Å². The predicted molar refractivity (Wildman–Crippen MR) is 80.3 cm³/mol. The minimum absolute atomic E-state index is 0. The summed E-state index contributed by atoms with van der Waals surface area (Å²) in [5.41, 5.74) is 4.73. The summed E-state index contributed by atoms with van der Waals surface area (Å²) in [4.78, 5) is 9.38. The number of ether oxygens (including phenoxy) is 1. The van der Waals surface area contributed by atoms with Crippen LogP contribution in [0.25, 0.3) is 0 Å². The van der Waals surface area contributed by atoms with Crippen molar-refractivity contribution in [1.82, 2.24) is 4.72 Å². The van der Waals surface area contributed by atoms with E-state index in [9.17, 15) is 22.9 Å². The van der Waals surface area contributed by atoms with Gasteiger partial charge in [-0.2, -0.15) is 0 Å². The van der Waals surface area contributed by atoms with Crippen molar-refractivity contribution < 1.29 is 22.5 Å². The molecule has 0 aromatic heterocycles. The molecule has 126 valence electrons. The molecule has 1 aromatic carbocycles. The Balaban J connectivity index is 0.00000441. The van der Waals surface area contributed by atoms with E-state index in [1.54, 1.807) is 6.92 Å². The summed E-state index contributed by atoms with van der Waals surface area (Å²) in [6, 6.07) is 1.20. The predicted octanol–water partition coefficient (Wildman–Crippen LogP) is 1.18. The molecule has 1 rings (SSSR count). The van der Waals surface area contributed by atoms with E-state index in [-0.39, 0.29) is 25.0 Å². The fraction of sp³-hybridized carbons (Fsp3) is 0.455. The summed E-state index contributed by atoms with van der Waals surface area (Å²) in [6.45, 7) is 1.74. The Hall–Kier alpha value is -1.49. The van der Waals surface area contributed by atoms with E-state index >= 15 is 0 Å². The van der Waals surface area contributed by atoms with Crippen LogP contribution in [0.5, 0.6) is 5.75 Å². The van der Waals surface area contributed by atoms with Crippen LogP contribution in [-0.2, 0) is 10.0 Å². The van der Waals surface area contributed by atoms with Crippen molar-refractivity contribution >= 4 is 28.1 Å². The molecule has 1 atom stereocenters. The molecule has 0 heterocycles. The molecule has 22 heavy (non-hydrogen) atoms. The third-order valence-electron chi connectivity index (χ3n) is 2.60. The molecule has 1 aromatic rings. The number of nitrogens with one attached hydrogen (secondary N) is 1. The fourth-order valence-corrected chi connectivity index (χ4v) is 2.63. The molecule has 11 heteroatoms. The van der Waals surface area contributed by atoms with Gasteiger partial charge in [-0.05, 0) is 19.4 Å². The summed E-state index contributed by atoms with van der Waals surface area (Å²) in [5, 5.41) is 10.8. The van der Waals surface area contributed by atoms with E-state index in [1.807, 2.05) is 0 Å². The molecule has 0 aliphatic carbocycles. The van der Waals surface area contributed by atoms with Crippen LogP contribution in [0.4, 0.5) is 10.1 Å². The second-order valence-electron chi connectivity index (χ2n) is 4.38. The Morgan fingerprint density at radius 2 is 2.09 bits per heavy atom. The third-order valence-corrected chi connectivity index (χ3v) is 4.04. The van der Waals surface area contributed by atoms with E-state index in [0.717, 1.165) is 13.2 Å². The normalized spacial score (nSPS) is 12.4. The summed E-state index contributed by atoms with van der Waals surface area (Å²) in [5.74, 6) is -1.74. The lowest BCUT2D eigenvalue weighted by atomic mass is 10.3. The van der Waals surface area contributed by atoms with E-state index in [0.29, 0.717) is 12.5 Å². The Morgan fingerprint density at radius 3 is 2.55 bits per heavy atom. The van der Waals surface area contributed by atoms with Gasteiger partial charge in [0.2, 0.25) is 15.8 Å². The molecular formula is C11H17ClFN3O5S. The molecule has 0 aliphatic heterocycles. The van der Waals surface area contributed by atoms with E-state index < -0.39 is 37.1 Å². The van der Waals surface area contributed by atoms with Crippen molar-refractivity contribution in [1.29, 1.82) is 0 Å². The van der Waals surface area contributed by atoms with Gasteiger partial charge in [0.15, 0.2) is 5.82 Å². The molecule has 1 unspecified atom stereocenters. The lowest BCUT2D eigenvalue weighted by Gasteiger charge is -2.10. The topological polar surface area (TPSA) is 125 Å². The number of benzene rings is 1. The van der Waals surface area contributed by atoms with Crippen LogP contribution in [-0.4, -0.2) is 33.0 Å². The zero-order valence-electron chi connectivity index (χ0n) is 11.9. The van der Waals surface area contributed by atoms with Crippen LogP contribution < -0.4 is 15.2 Å². The Labute approximate surface area is 133 Å². The number of hydrogen-bond acceptors (Lipinski definition) is 6. The maximum atomic E-state index is 13.7. The lowest BCUT2D eigenvalue weighted by molar-refractivity contribution is -0.386. The van der Waals surface area contributed by atoms with Crippen molar-refractivity contribution in [3.63, 3.8) is 0 Å². The Kier molecular flexibility index (Phi) is 7.67. The number of hydrogen-bond donors (Lipinski definition) is 2. The lowest BCUT2D eigenvalue weighted by Crippen LogP contribution is -2.29. The largest absolute Gasteiger partial charge is 0.488 e. The maximum Gasteiger partial charge on any atom is 0.315 e. The fourth-order valence-electron chi connectivity index (χ4n) is 1.55. The van der Waals surface area contributed by atoms with Crippen molar-refractivity contribution in [2.75, 3.05) is 13.7 Å². The van der Waals surface area contributed by atoms with E-state index in [2.05, 4.69) is 9.46 Å². The number of nitro benzene ring substituents is 1. The number of nitrogens with zero attached hydrogens (tertiary/aromatic N) is 1.